The Morgan fingerprint density at radius 3 is 2.62 bits per heavy atom. The summed E-state index contributed by atoms with van der Waals surface area (Å²) in [5, 5.41) is 4.38. The Morgan fingerprint density at radius 2 is 2.00 bits per heavy atom. The number of halogens is 3. The number of ketones is 1. The Hall–Kier alpha value is -2.88. The number of fused-ring (bicyclic) bond motifs is 3. The van der Waals surface area contributed by atoms with Crippen LogP contribution in [0.3, 0.4) is 0 Å². The van der Waals surface area contributed by atoms with Gasteiger partial charge in [-0.2, -0.15) is 18.3 Å². The predicted molar refractivity (Wildman–Crippen MR) is 102 cm³/mol. The molecule has 0 saturated carbocycles. The second kappa shape index (κ2) is 6.58. The number of rotatable bonds is 2. The van der Waals surface area contributed by atoms with Crippen LogP contribution in [0.15, 0.2) is 42.1 Å². The van der Waals surface area contributed by atoms with E-state index in [2.05, 4.69) is 9.94 Å². The van der Waals surface area contributed by atoms with Crippen LogP contribution in [0.1, 0.15) is 31.5 Å². The molecule has 3 atom stereocenters. The Morgan fingerprint density at radius 1 is 1.31 bits per heavy atom. The fraction of sp³-hybridized carbons (Fsp3) is 0.409. The van der Waals surface area contributed by atoms with Crippen LogP contribution in [-0.4, -0.2) is 21.7 Å². The predicted octanol–water partition coefficient (Wildman–Crippen LogP) is 4.95. The molecule has 0 bridgehead atoms. The Balaban J connectivity index is 1.98. The maximum Gasteiger partial charge on any atom is 0.408 e. The fourth-order valence-corrected chi connectivity index (χ4v) is 5.03. The molecule has 2 aliphatic carbocycles. The second-order valence-electron chi connectivity index (χ2n) is 8.04. The van der Waals surface area contributed by atoms with Crippen molar-refractivity contribution in [3.05, 3.63) is 64.8 Å². The SMILES string of the molecule is [C-]#[N+]C1=C[C@@]2(C)c3c(c(-c4ccccc4)nn3CC(F)(F)F)CC[C@@H]2[C@@H](C)C1=O. The summed E-state index contributed by atoms with van der Waals surface area (Å²) in [5.41, 5.74) is 1.72. The molecule has 4 rings (SSSR count). The number of nitrogens with zero attached hydrogens (tertiary/aromatic N) is 3. The van der Waals surface area contributed by atoms with E-state index in [-0.39, 0.29) is 17.4 Å². The highest BCUT2D eigenvalue weighted by Gasteiger charge is 2.51. The molecule has 1 aromatic carbocycles. The van der Waals surface area contributed by atoms with Crippen molar-refractivity contribution < 1.29 is 18.0 Å². The first-order valence-electron chi connectivity index (χ1n) is 9.52. The van der Waals surface area contributed by atoms with E-state index in [0.29, 0.717) is 24.2 Å². The zero-order valence-electron chi connectivity index (χ0n) is 16.1. The molecule has 0 unspecified atom stereocenters. The number of hydrogen-bond donors (Lipinski definition) is 0. The summed E-state index contributed by atoms with van der Waals surface area (Å²) in [7, 11) is 0. The van der Waals surface area contributed by atoms with Crippen molar-refractivity contribution in [3.8, 4) is 11.3 Å². The number of Topliss-reactive ketones (excluding diaryl/α,β-unsaturated/α-hetero) is 1. The lowest BCUT2D eigenvalue weighted by Gasteiger charge is -2.45. The summed E-state index contributed by atoms with van der Waals surface area (Å²) >= 11 is 0. The standard InChI is InChI=1S/C22H20F3N3O/c1-13-16-10-9-15-18(14-7-5-4-6-8-14)27-28(12-22(23,24)25)20(15)21(16,2)11-17(26-3)19(13)29/h4-8,11,13,16H,9-10,12H2,1-2H3/t13-,16-,21-/m1/s1. The molecule has 2 aromatic rings. The van der Waals surface area contributed by atoms with E-state index in [1.807, 2.05) is 37.3 Å². The zero-order valence-corrected chi connectivity index (χ0v) is 16.1. The first kappa shape index (κ1) is 19.4. The summed E-state index contributed by atoms with van der Waals surface area (Å²) in [6.45, 7) is 9.78. The molecule has 1 heterocycles. The van der Waals surface area contributed by atoms with Gasteiger partial charge >= 0.3 is 6.18 Å². The van der Waals surface area contributed by atoms with E-state index in [9.17, 15) is 18.0 Å². The van der Waals surface area contributed by atoms with Crippen LogP contribution in [0.5, 0.6) is 0 Å². The molecule has 29 heavy (non-hydrogen) atoms. The summed E-state index contributed by atoms with van der Waals surface area (Å²) in [6, 6.07) is 9.18. The van der Waals surface area contributed by atoms with Crippen LogP contribution in [0, 0.1) is 18.4 Å². The highest BCUT2D eigenvalue weighted by molar-refractivity contribution is 6.00. The van der Waals surface area contributed by atoms with Gasteiger partial charge in [-0.05, 0) is 18.8 Å². The van der Waals surface area contributed by atoms with Crippen LogP contribution >= 0.6 is 0 Å². The van der Waals surface area contributed by atoms with Crippen molar-refractivity contribution in [2.24, 2.45) is 11.8 Å². The maximum atomic E-state index is 13.4. The molecule has 2 aliphatic rings. The van der Waals surface area contributed by atoms with Crippen LogP contribution in [-0.2, 0) is 23.2 Å². The van der Waals surface area contributed by atoms with Gasteiger partial charge in [0.15, 0.2) is 5.78 Å². The van der Waals surface area contributed by atoms with Crippen LogP contribution in [0.4, 0.5) is 13.2 Å². The average molecular weight is 399 g/mol. The van der Waals surface area contributed by atoms with Gasteiger partial charge in [0, 0.05) is 22.5 Å². The average Bonchev–Trinajstić information content (AvgIpc) is 3.03. The largest absolute Gasteiger partial charge is 0.408 e. The van der Waals surface area contributed by atoms with Gasteiger partial charge in [0.1, 0.15) is 6.54 Å². The number of alkyl halides is 3. The summed E-state index contributed by atoms with van der Waals surface area (Å²) < 4.78 is 41.2. The molecule has 0 amide bonds. The van der Waals surface area contributed by atoms with Crippen molar-refractivity contribution in [3.63, 3.8) is 0 Å². The van der Waals surface area contributed by atoms with E-state index in [1.165, 1.54) is 0 Å². The monoisotopic (exact) mass is 399 g/mol. The molecule has 7 heteroatoms. The molecule has 0 fully saturated rings. The normalized spacial score (nSPS) is 26.3. The second-order valence-corrected chi connectivity index (χ2v) is 8.04. The lowest BCUT2D eigenvalue weighted by atomic mass is 9.58. The summed E-state index contributed by atoms with van der Waals surface area (Å²) in [5.74, 6) is -0.812. The van der Waals surface area contributed by atoms with Gasteiger partial charge in [-0.25, -0.2) is 4.85 Å². The molecule has 0 radical (unpaired) electrons. The number of carbonyl (C=O) groups excluding carboxylic acids is 1. The van der Waals surface area contributed by atoms with E-state index >= 15 is 0 Å². The van der Waals surface area contributed by atoms with Gasteiger partial charge in [-0.15, -0.1) is 0 Å². The minimum absolute atomic E-state index is 0.00474. The molecule has 4 nitrogen and oxygen atoms in total. The Bertz CT molecular complexity index is 1050. The van der Waals surface area contributed by atoms with E-state index in [0.717, 1.165) is 15.8 Å². The molecular formula is C22H20F3N3O. The molecule has 0 saturated heterocycles. The molecule has 0 spiro atoms. The number of aromatic nitrogens is 2. The summed E-state index contributed by atoms with van der Waals surface area (Å²) in [6.07, 6.45) is -1.64. The third-order valence-corrected chi connectivity index (χ3v) is 6.24. The van der Waals surface area contributed by atoms with E-state index in [4.69, 9.17) is 6.57 Å². The van der Waals surface area contributed by atoms with E-state index < -0.39 is 24.1 Å². The highest BCUT2D eigenvalue weighted by atomic mass is 19.4. The lowest BCUT2D eigenvalue weighted by molar-refractivity contribution is -0.143. The smallest absolute Gasteiger partial charge is 0.308 e. The number of allylic oxidation sites excluding steroid dienone is 2. The molecule has 0 N–H and O–H groups in total. The van der Waals surface area contributed by atoms with Crippen molar-refractivity contribution in [1.29, 1.82) is 0 Å². The Kier molecular flexibility index (Phi) is 4.41. The van der Waals surface area contributed by atoms with Gasteiger partial charge in [-0.3, -0.25) is 4.68 Å². The highest BCUT2D eigenvalue weighted by Crippen LogP contribution is 2.52. The number of hydrogen-bond acceptors (Lipinski definition) is 2. The van der Waals surface area contributed by atoms with Gasteiger partial charge in [0.25, 0.3) is 0 Å². The van der Waals surface area contributed by atoms with Crippen LogP contribution < -0.4 is 0 Å². The van der Waals surface area contributed by atoms with Gasteiger partial charge in [0.05, 0.1) is 18.0 Å². The zero-order chi connectivity index (χ0) is 21.0. The van der Waals surface area contributed by atoms with Crippen LogP contribution in [0.2, 0.25) is 0 Å². The van der Waals surface area contributed by atoms with Crippen molar-refractivity contribution in [2.75, 3.05) is 0 Å². The Labute approximate surface area is 166 Å². The minimum atomic E-state index is -4.43. The van der Waals surface area contributed by atoms with Gasteiger partial charge < -0.3 is 4.79 Å². The van der Waals surface area contributed by atoms with Gasteiger partial charge in [0.2, 0.25) is 5.70 Å². The van der Waals surface area contributed by atoms with Gasteiger partial charge in [-0.1, -0.05) is 50.3 Å². The molecule has 1 aromatic heterocycles. The first-order chi connectivity index (χ1) is 13.7. The molecular weight excluding hydrogens is 379 g/mol. The quantitative estimate of drug-likeness (QED) is 0.670. The first-order valence-corrected chi connectivity index (χ1v) is 9.52. The molecule has 150 valence electrons. The number of carbonyl (C=O) groups is 1. The van der Waals surface area contributed by atoms with Crippen molar-refractivity contribution in [1.82, 2.24) is 9.78 Å². The van der Waals surface area contributed by atoms with Crippen molar-refractivity contribution >= 4 is 5.78 Å². The third kappa shape index (κ3) is 3.07. The van der Waals surface area contributed by atoms with Crippen LogP contribution in [0.25, 0.3) is 16.1 Å². The topological polar surface area (TPSA) is 39.2 Å². The van der Waals surface area contributed by atoms with E-state index in [1.54, 1.807) is 13.0 Å². The number of benzene rings is 1. The van der Waals surface area contributed by atoms with Crippen molar-refractivity contribution in [2.45, 2.75) is 44.8 Å². The lowest BCUT2D eigenvalue weighted by Crippen LogP contribution is -2.46. The minimum Gasteiger partial charge on any atom is -0.308 e. The molecule has 0 aliphatic heterocycles. The third-order valence-electron chi connectivity index (χ3n) is 6.24. The maximum absolute atomic E-state index is 13.4. The summed E-state index contributed by atoms with van der Waals surface area (Å²) in [4.78, 5) is 15.9. The fourth-order valence-electron chi connectivity index (χ4n) is 5.03.